The highest BCUT2D eigenvalue weighted by Crippen LogP contribution is 2.45. The average molecular weight is 528 g/mol. The highest BCUT2D eigenvalue weighted by Gasteiger charge is 2.33. The molecule has 4 nitrogen and oxygen atoms in total. The molecular weight excluding hydrogens is 493 g/mol. The van der Waals surface area contributed by atoms with Crippen molar-refractivity contribution < 1.29 is 9.18 Å². The van der Waals surface area contributed by atoms with Crippen molar-refractivity contribution in [3.05, 3.63) is 99.4 Å². The van der Waals surface area contributed by atoms with Crippen molar-refractivity contribution in [3.8, 4) is 5.69 Å². The topological polar surface area (TPSA) is 46.4 Å². The monoisotopic (exact) mass is 527 g/mol. The number of fused-ring (bicyclic) bond motifs is 1. The molecule has 1 amide bonds. The van der Waals surface area contributed by atoms with E-state index in [1.54, 1.807) is 23.5 Å². The summed E-state index contributed by atoms with van der Waals surface area (Å²) in [6.45, 7) is 11.0. The Morgan fingerprint density at radius 3 is 2.50 bits per heavy atom. The lowest BCUT2D eigenvalue weighted by Crippen LogP contribution is -2.27. The van der Waals surface area contributed by atoms with E-state index in [0.717, 1.165) is 58.2 Å². The smallest absolute Gasteiger partial charge is 0.259 e. The predicted molar refractivity (Wildman–Crippen MR) is 156 cm³/mol. The van der Waals surface area contributed by atoms with E-state index in [1.165, 1.54) is 17.0 Å². The molecule has 6 heteroatoms. The normalized spacial score (nSPS) is 15.6. The number of anilines is 1. The van der Waals surface area contributed by atoms with Gasteiger partial charge in [-0.3, -0.25) is 4.79 Å². The third-order valence-corrected chi connectivity index (χ3v) is 8.77. The third kappa shape index (κ3) is 5.23. The van der Waals surface area contributed by atoms with Gasteiger partial charge in [-0.1, -0.05) is 39.0 Å². The van der Waals surface area contributed by atoms with Crippen LogP contribution in [0.25, 0.3) is 5.69 Å². The maximum atomic E-state index is 13.6. The quantitative estimate of drug-likeness (QED) is 0.260. The Kier molecular flexibility index (Phi) is 7.10. The number of carbonyl (C=O) groups excluding carboxylic acids is 1. The van der Waals surface area contributed by atoms with Crippen LogP contribution in [0.5, 0.6) is 0 Å². The lowest BCUT2D eigenvalue weighted by Gasteiger charge is -2.33. The number of hydrogen-bond donors (Lipinski definition) is 1. The predicted octanol–water partition coefficient (Wildman–Crippen LogP) is 8.45. The SMILES string of the molecule is Cc1cc(C=Nc2sc3c(c2C(=O)Nc2ccccc2)CC[C@@H](C(C)(C)C)C3)c(C)n1-c1ccc(F)cc1. The lowest BCUT2D eigenvalue weighted by atomic mass is 9.72. The molecule has 38 heavy (non-hydrogen) atoms. The van der Waals surface area contributed by atoms with Gasteiger partial charge in [-0.05, 0) is 92.5 Å². The molecule has 5 rings (SSSR count). The zero-order chi connectivity index (χ0) is 27.0. The Labute approximate surface area is 228 Å². The van der Waals surface area contributed by atoms with Crippen LogP contribution in [-0.4, -0.2) is 16.7 Å². The summed E-state index contributed by atoms with van der Waals surface area (Å²) < 4.78 is 15.6. The van der Waals surface area contributed by atoms with Gasteiger partial charge in [0.1, 0.15) is 10.8 Å². The summed E-state index contributed by atoms with van der Waals surface area (Å²) in [7, 11) is 0. The maximum absolute atomic E-state index is 13.6. The summed E-state index contributed by atoms with van der Waals surface area (Å²) in [6.07, 6.45) is 4.80. The molecule has 0 unspecified atom stereocenters. The Balaban J connectivity index is 1.52. The molecule has 1 aliphatic carbocycles. The van der Waals surface area contributed by atoms with Crippen LogP contribution in [0.15, 0.2) is 65.7 Å². The van der Waals surface area contributed by atoms with Crippen LogP contribution in [0.3, 0.4) is 0 Å². The molecule has 0 spiro atoms. The molecule has 0 saturated heterocycles. The number of thiophene rings is 1. The molecule has 1 atom stereocenters. The molecule has 0 fully saturated rings. The van der Waals surface area contributed by atoms with Gasteiger partial charge in [0.15, 0.2) is 0 Å². The molecule has 0 saturated carbocycles. The first-order chi connectivity index (χ1) is 18.1. The van der Waals surface area contributed by atoms with Crippen molar-refractivity contribution in [3.63, 3.8) is 0 Å². The molecular formula is C32H34FN3OS. The molecule has 2 aromatic carbocycles. The molecule has 2 aromatic heterocycles. The second kappa shape index (κ2) is 10.3. The zero-order valence-corrected chi connectivity index (χ0v) is 23.5. The Bertz CT molecular complexity index is 1490. The van der Waals surface area contributed by atoms with Gasteiger partial charge in [-0.15, -0.1) is 11.3 Å². The number of aliphatic imine (C=N–C) groups is 1. The van der Waals surface area contributed by atoms with Gasteiger partial charge in [0.05, 0.1) is 5.56 Å². The van der Waals surface area contributed by atoms with E-state index < -0.39 is 0 Å². The summed E-state index contributed by atoms with van der Waals surface area (Å²) in [4.78, 5) is 19.8. The van der Waals surface area contributed by atoms with Crippen LogP contribution < -0.4 is 5.32 Å². The van der Waals surface area contributed by atoms with Crippen molar-refractivity contribution in [2.45, 2.75) is 53.9 Å². The molecule has 2 heterocycles. The van der Waals surface area contributed by atoms with E-state index in [2.05, 4.69) is 36.7 Å². The molecule has 0 aliphatic heterocycles. The van der Waals surface area contributed by atoms with Gasteiger partial charge >= 0.3 is 0 Å². The molecule has 1 N–H and O–H groups in total. The number of hydrogen-bond acceptors (Lipinski definition) is 3. The van der Waals surface area contributed by atoms with Crippen LogP contribution in [0, 0.1) is 31.0 Å². The van der Waals surface area contributed by atoms with Crippen LogP contribution in [-0.2, 0) is 12.8 Å². The average Bonchev–Trinajstić information content (AvgIpc) is 3.39. The summed E-state index contributed by atoms with van der Waals surface area (Å²) in [6, 6.07) is 18.2. The second-order valence-corrected chi connectivity index (χ2v) is 12.3. The summed E-state index contributed by atoms with van der Waals surface area (Å²) in [5, 5.41) is 3.84. The van der Waals surface area contributed by atoms with Gasteiger partial charge in [0.25, 0.3) is 5.91 Å². The minimum Gasteiger partial charge on any atom is -0.322 e. The van der Waals surface area contributed by atoms with Crippen LogP contribution in [0.4, 0.5) is 15.1 Å². The lowest BCUT2D eigenvalue weighted by molar-refractivity contribution is 0.102. The first-order valence-electron chi connectivity index (χ1n) is 13.1. The summed E-state index contributed by atoms with van der Waals surface area (Å²) >= 11 is 1.65. The van der Waals surface area contributed by atoms with Gasteiger partial charge in [0.2, 0.25) is 0 Å². The van der Waals surface area contributed by atoms with Crippen molar-refractivity contribution >= 4 is 34.1 Å². The van der Waals surface area contributed by atoms with E-state index in [4.69, 9.17) is 4.99 Å². The van der Waals surface area contributed by atoms with E-state index in [9.17, 15) is 9.18 Å². The molecule has 196 valence electrons. The van der Waals surface area contributed by atoms with Gasteiger partial charge in [-0.25, -0.2) is 9.38 Å². The number of para-hydroxylation sites is 1. The highest BCUT2D eigenvalue weighted by molar-refractivity contribution is 7.16. The molecule has 4 aromatic rings. The fourth-order valence-electron chi connectivity index (χ4n) is 5.38. The minimum absolute atomic E-state index is 0.105. The largest absolute Gasteiger partial charge is 0.322 e. The minimum atomic E-state index is -0.255. The molecule has 0 bridgehead atoms. The van der Waals surface area contributed by atoms with Gasteiger partial charge in [0, 0.05) is 39.4 Å². The fraction of sp³-hybridized carbons (Fsp3) is 0.312. The Hall–Kier alpha value is -3.51. The number of nitrogens with one attached hydrogen (secondary N) is 1. The van der Waals surface area contributed by atoms with Crippen molar-refractivity contribution in [1.82, 2.24) is 4.57 Å². The number of carbonyl (C=O) groups is 1. The maximum Gasteiger partial charge on any atom is 0.259 e. The van der Waals surface area contributed by atoms with Crippen molar-refractivity contribution in [1.29, 1.82) is 0 Å². The van der Waals surface area contributed by atoms with Gasteiger partial charge in [-0.2, -0.15) is 0 Å². The third-order valence-electron chi connectivity index (χ3n) is 7.61. The van der Waals surface area contributed by atoms with E-state index in [1.807, 2.05) is 50.4 Å². The number of amides is 1. The summed E-state index contributed by atoms with van der Waals surface area (Å²) in [5.41, 5.74) is 6.77. The number of nitrogens with zero attached hydrogens (tertiary/aromatic N) is 2. The highest BCUT2D eigenvalue weighted by atomic mass is 32.1. The number of aryl methyl sites for hydroxylation is 1. The number of benzene rings is 2. The zero-order valence-electron chi connectivity index (χ0n) is 22.6. The fourth-order valence-corrected chi connectivity index (χ4v) is 6.65. The standard InChI is InChI=1S/C32H34FN3OS/c1-20-17-22(21(2)36(20)26-14-12-24(33)13-15-26)19-34-31-29(30(37)35-25-9-7-6-8-10-25)27-16-11-23(32(3,4)5)18-28(27)38-31/h6-10,12-15,17,19,23H,11,16,18H2,1-5H3,(H,35,37)/t23-/m1/s1. The first-order valence-corrected chi connectivity index (χ1v) is 13.9. The molecule has 0 radical (unpaired) electrons. The van der Waals surface area contributed by atoms with Crippen LogP contribution in [0.2, 0.25) is 0 Å². The van der Waals surface area contributed by atoms with Crippen LogP contribution in [0.1, 0.15) is 64.9 Å². The van der Waals surface area contributed by atoms with Gasteiger partial charge < -0.3 is 9.88 Å². The van der Waals surface area contributed by atoms with Crippen molar-refractivity contribution in [2.24, 2.45) is 16.3 Å². The number of rotatable bonds is 5. The Morgan fingerprint density at radius 1 is 1.11 bits per heavy atom. The molecule has 1 aliphatic rings. The van der Waals surface area contributed by atoms with Crippen molar-refractivity contribution in [2.75, 3.05) is 5.32 Å². The second-order valence-electron chi connectivity index (χ2n) is 11.2. The van der Waals surface area contributed by atoms with E-state index in [-0.39, 0.29) is 17.1 Å². The van der Waals surface area contributed by atoms with Crippen LogP contribution >= 0.6 is 11.3 Å². The summed E-state index contributed by atoms with van der Waals surface area (Å²) in [5.74, 6) is 0.215. The number of aromatic nitrogens is 1. The number of halogens is 1. The Morgan fingerprint density at radius 2 is 1.82 bits per heavy atom. The first kappa shape index (κ1) is 26.1. The van der Waals surface area contributed by atoms with E-state index in [0.29, 0.717) is 11.5 Å². The van der Waals surface area contributed by atoms with E-state index >= 15 is 0 Å².